The molecule has 1 saturated heterocycles. The number of aromatic nitrogens is 3. The molecule has 2 aromatic heterocycles. The van der Waals surface area contributed by atoms with Gasteiger partial charge >= 0.3 is 0 Å². The van der Waals surface area contributed by atoms with E-state index in [-0.39, 0.29) is 11.9 Å². The molecule has 150 valence electrons. The number of hydrogen-bond donors (Lipinski definition) is 2. The number of thiazole rings is 1. The minimum atomic E-state index is -0.522. The van der Waals surface area contributed by atoms with E-state index in [4.69, 9.17) is 0 Å². The standard InChI is InChI=1S/C20H27N5O2S/c1-3-4-19-23-16(11-28-19)20(27)24-15-7-13-9-25(10-14(13)8-17(15)26)18-5-6-21-12(2)22-18/h5-6,11,13-15,17,26H,3-4,7-10H2,1-2H3,(H,24,27)/t13-,14+,15-,17-/m0/s1. The SMILES string of the molecule is CCCc1nc(C(=O)N[C@H]2C[C@H]3CN(c4ccnc(C)n4)C[C@H]3C[C@@H]2O)cs1. The monoisotopic (exact) mass is 401 g/mol. The summed E-state index contributed by atoms with van der Waals surface area (Å²) >= 11 is 1.53. The van der Waals surface area contributed by atoms with E-state index in [1.807, 2.05) is 18.4 Å². The van der Waals surface area contributed by atoms with Gasteiger partial charge < -0.3 is 15.3 Å². The maximum absolute atomic E-state index is 12.6. The molecule has 0 bridgehead atoms. The molecule has 3 heterocycles. The maximum atomic E-state index is 12.6. The maximum Gasteiger partial charge on any atom is 0.271 e. The molecule has 0 aromatic carbocycles. The average Bonchev–Trinajstić information content (AvgIpc) is 3.29. The van der Waals surface area contributed by atoms with Crippen LogP contribution >= 0.6 is 11.3 Å². The second kappa shape index (κ2) is 8.13. The number of rotatable bonds is 5. The van der Waals surface area contributed by atoms with Crippen molar-refractivity contribution < 1.29 is 9.90 Å². The number of carbonyl (C=O) groups is 1. The molecule has 2 aromatic rings. The summed E-state index contributed by atoms with van der Waals surface area (Å²) in [6, 6.07) is 1.72. The van der Waals surface area contributed by atoms with Crippen molar-refractivity contribution in [2.45, 2.75) is 51.7 Å². The lowest BCUT2D eigenvalue weighted by Crippen LogP contribution is -2.49. The summed E-state index contributed by atoms with van der Waals surface area (Å²) in [5, 5.41) is 16.5. The molecular formula is C20H27N5O2S. The van der Waals surface area contributed by atoms with Gasteiger partial charge in [0.15, 0.2) is 0 Å². The van der Waals surface area contributed by atoms with Gasteiger partial charge in [0.05, 0.1) is 17.2 Å². The van der Waals surface area contributed by atoms with Crippen LogP contribution in [0.2, 0.25) is 0 Å². The second-order valence-corrected chi connectivity index (χ2v) is 8.83. The Hall–Kier alpha value is -2.06. The molecule has 1 saturated carbocycles. The minimum Gasteiger partial charge on any atom is -0.391 e. The van der Waals surface area contributed by atoms with Gasteiger partial charge in [0.2, 0.25) is 0 Å². The van der Waals surface area contributed by atoms with Gasteiger partial charge in [-0.15, -0.1) is 11.3 Å². The van der Waals surface area contributed by atoms with Gasteiger partial charge in [0, 0.05) is 24.7 Å². The van der Waals surface area contributed by atoms with E-state index in [9.17, 15) is 9.90 Å². The summed E-state index contributed by atoms with van der Waals surface area (Å²) in [6.45, 7) is 5.79. The highest BCUT2D eigenvalue weighted by molar-refractivity contribution is 7.09. The third-order valence-electron chi connectivity index (χ3n) is 5.79. The predicted octanol–water partition coefficient (Wildman–Crippen LogP) is 2.20. The van der Waals surface area contributed by atoms with Crippen molar-refractivity contribution in [2.75, 3.05) is 18.0 Å². The lowest BCUT2D eigenvalue weighted by molar-refractivity contribution is 0.0460. The molecule has 1 aliphatic heterocycles. The smallest absolute Gasteiger partial charge is 0.271 e. The van der Waals surface area contributed by atoms with Crippen LogP contribution in [0.3, 0.4) is 0 Å². The van der Waals surface area contributed by atoms with Gasteiger partial charge in [-0.25, -0.2) is 15.0 Å². The Morgan fingerprint density at radius 1 is 1.32 bits per heavy atom. The van der Waals surface area contributed by atoms with E-state index in [0.29, 0.717) is 24.0 Å². The lowest BCUT2D eigenvalue weighted by Gasteiger charge is -2.35. The minimum absolute atomic E-state index is 0.178. The Balaban J connectivity index is 1.39. The van der Waals surface area contributed by atoms with Gasteiger partial charge in [0.25, 0.3) is 5.91 Å². The molecule has 2 aliphatic rings. The van der Waals surface area contributed by atoms with Crippen LogP contribution in [0.1, 0.15) is 47.5 Å². The summed E-state index contributed by atoms with van der Waals surface area (Å²) in [4.78, 5) is 28.0. The van der Waals surface area contributed by atoms with Crippen molar-refractivity contribution in [2.24, 2.45) is 11.8 Å². The topological polar surface area (TPSA) is 91.2 Å². The van der Waals surface area contributed by atoms with E-state index in [0.717, 1.165) is 49.0 Å². The molecule has 1 aliphatic carbocycles. The van der Waals surface area contributed by atoms with E-state index < -0.39 is 6.10 Å². The van der Waals surface area contributed by atoms with E-state index in [1.54, 1.807) is 6.20 Å². The molecule has 0 spiro atoms. The fourth-order valence-electron chi connectivity index (χ4n) is 4.38. The molecule has 28 heavy (non-hydrogen) atoms. The third-order valence-corrected chi connectivity index (χ3v) is 6.70. The van der Waals surface area contributed by atoms with Gasteiger partial charge in [-0.2, -0.15) is 0 Å². The van der Waals surface area contributed by atoms with Crippen LogP contribution in [0.15, 0.2) is 17.6 Å². The highest BCUT2D eigenvalue weighted by Gasteiger charge is 2.42. The zero-order chi connectivity index (χ0) is 19.7. The van der Waals surface area contributed by atoms with Gasteiger partial charge in [-0.3, -0.25) is 4.79 Å². The van der Waals surface area contributed by atoms with Crippen molar-refractivity contribution in [3.8, 4) is 0 Å². The molecule has 1 amide bonds. The normalized spacial score (nSPS) is 26.9. The van der Waals surface area contributed by atoms with Gasteiger partial charge in [-0.05, 0) is 50.5 Å². The van der Waals surface area contributed by atoms with Crippen LogP contribution in [-0.2, 0) is 6.42 Å². The first-order valence-corrected chi connectivity index (χ1v) is 10.9. The van der Waals surface area contributed by atoms with Gasteiger partial charge in [-0.1, -0.05) is 6.92 Å². The van der Waals surface area contributed by atoms with Gasteiger partial charge in [0.1, 0.15) is 17.3 Å². The van der Waals surface area contributed by atoms with Crippen LogP contribution in [0.4, 0.5) is 5.82 Å². The zero-order valence-electron chi connectivity index (χ0n) is 16.3. The molecular weight excluding hydrogens is 374 g/mol. The number of anilines is 1. The molecule has 4 atom stereocenters. The number of hydrogen-bond acceptors (Lipinski definition) is 7. The molecule has 0 radical (unpaired) electrons. The van der Waals surface area contributed by atoms with Crippen LogP contribution in [-0.4, -0.2) is 51.2 Å². The highest BCUT2D eigenvalue weighted by Crippen LogP contribution is 2.38. The summed E-state index contributed by atoms with van der Waals surface area (Å²) in [7, 11) is 0. The summed E-state index contributed by atoms with van der Waals surface area (Å²) in [5.74, 6) is 2.40. The largest absolute Gasteiger partial charge is 0.391 e. The molecule has 2 N–H and O–H groups in total. The molecule has 2 fully saturated rings. The number of aliphatic hydroxyl groups excluding tert-OH is 1. The van der Waals surface area contributed by atoms with Crippen molar-refractivity contribution in [1.82, 2.24) is 20.3 Å². The number of amides is 1. The van der Waals surface area contributed by atoms with Crippen molar-refractivity contribution in [3.63, 3.8) is 0 Å². The van der Waals surface area contributed by atoms with Crippen LogP contribution in [0.5, 0.6) is 0 Å². The average molecular weight is 402 g/mol. The van der Waals surface area contributed by atoms with Crippen LogP contribution in [0.25, 0.3) is 0 Å². The van der Waals surface area contributed by atoms with Crippen LogP contribution in [0, 0.1) is 18.8 Å². The number of aliphatic hydroxyl groups is 1. The first-order chi connectivity index (χ1) is 13.5. The number of fused-ring (bicyclic) bond motifs is 1. The van der Waals surface area contributed by atoms with E-state index >= 15 is 0 Å². The van der Waals surface area contributed by atoms with Crippen LogP contribution < -0.4 is 10.2 Å². The number of nitrogens with zero attached hydrogens (tertiary/aromatic N) is 4. The summed E-state index contributed by atoms with van der Waals surface area (Å²) in [6.07, 6.45) is 4.66. The van der Waals surface area contributed by atoms with Crippen molar-refractivity contribution >= 4 is 23.1 Å². The lowest BCUT2D eigenvalue weighted by atomic mass is 9.77. The third kappa shape index (κ3) is 4.03. The Labute approximate surface area is 169 Å². The second-order valence-electron chi connectivity index (χ2n) is 7.88. The highest BCUT2D eigenvalue weighted by atomic mass is 32.1. The zero-order valence-corrected chi connectivity index (χ0v) is 17.2. The van der Waals surface area contributed by atoms with E-state index in [1.165, 1.54) is 11.3 Å². The summed E-state index contributed by atoms with van der Waals surface area (Å²) < 4.78 is 0. The Bertz CT molecular complexity index is 842. The quantitative estimate of drug-likeness (QED) is 0.798. The van der Waals surface area contributed by atoms with Crippen molar-refractivity contribution in [3.05, 3.63) is 34.2 Å². The first-order valence-electron chi connectivity index (χ1n) is 10.0. The van der Waals surface area contributed by atoms with Crippen molar-refractivity contribution in [1.29, 1.82) is 0 Å². The number of aryl methyl sites for hydroxylation is 2. The Morgan fingerprint density at radius 2 is 2.11 bits per heavy atom. The molecule has 4 rings (SSSR count). The fraction of sp³-hybridized carbons (Fsp3) is 0.600. The predicted molar refractivity (Wildman–Crippen MR) is 109 cm³/mol. The van der Waals surface area contributed by atoms with E-state index in [2.05, 4.69) is 32.1 Å². The molecule has 7 nitrogen and oxygen atoms in total. The summed E-state index contributed by atoms with van der Waals surface area (Å²) in [5.41, 5.74) is 0.465. The fourth-order valence-corrected chi connectivity index (χ4v) is 5.26. The molecule has 8 heteroatoms. The Morgan fingerprint density at radius 3 is 2.86 bits per heavy atom. The molecule has 0 unspecified atom stereocenters. The number of nitrogens with one attached hydrogen (secondary N) is 1. The number of carbonyl (C=O) groups excluding carboxylic acids is 1. The Kier molecular flexibility index (Phi) is 5.59. The first kappa shape index (κ1) is 19.3.